The molecular formula is C12H14ClN3O4S. The van der Waals surface area contributed by atoms with E-state index < -0.39 is 10.0 Å². The van der Waals surface area contributed by atoms with Gasteiger partial charge < -0.3 is 9.63 Å². The molecule has 9 heteroatoms. The molecule has 2 N–H and O–H groups in total. The van der Waals surface area contributed by atoms with E-state index in [1.54, 1.807) is 6.92 Å². The van der Waals surface area contributed by atoms with Crippen LogP contribution in [0.3, 0.4) is 0 Å². The Morgan fingerprint density at radius 2 is 2.19 bits per heavy atom. The van der Waals surface area contributed by atoms with Crippen LogP contribution in [0.15, 0.2) is 27.6 Å². The summed E-state index contributed by atoms with van der Waals surface area (Å²) >= 11 is 5.83. The molecule has 0 aliphatic carbocycles. The second-order valence-electron chi connectivity index (χ2n) is 4.29. The van der Waals surface area contributed by atoms with Crippen LogP contribution in [0, 0.1) is 6.92 Å². The fraction of sp³-hybridized carbons (Fsp3) is 0.333. The van der Waals surface area contributed by atoms with E-state index in [0.717, 1.165) is 0 Å². The molecule has 0 aliphatic rings. The van der Waals surface area contributed by atoms with Crippen LogP contribution in [-0.2, 0) is 23.1 Å². The summed E-state index contributed by atoms with van der Waals surface area (Å²) in [6, 6.07) is 4.14. The third-order valence-electron chi connectivity index (χ3n) is 2.70. The molecule has 0 amide bonds. The van der Waals surface area contributed by atoms with Crippen molar-refractivity contribution < 1.29 is 18.0 Å². The molecule has 0 bridgehead atoms. The number of sulfonamides is 1. The minimum absolute atomic E-state index is 0.0395. The van der Waals surface area contributed by atoms with Crippen LogP contribution in [0.1, 0.15) is 17.3 Å². The summed E-state index contributed by atoms with van der Waals surface area (Å²) in [6.07, 6.45) is 0.292. The maximum atomic E-state index is 12.1. The number of aryl methyl sites for hydroxylation is 1. The largest absolute Gasteiger partial charge is 0.392 e. The van der Waals surface area contributed by atoms with Crippen molar-refractivity contribution in [2.45, 2.75) is 24.8 Å². The Morgan fingerprint density at radius 1 is 1.43 bits per heavy atom. The predicted molar refractivity (Wildman–Crippen MR) is 75.3 cm³/mol. The Kier molecular flexibility index (Phi) is 4.94. The van der Waals surface area contributed by atoms with E-state index in [4.69, 9.17) is 21.2 Å². The zero-order valence-corrected chi connectivity index (χ0v) is 12.8. The average molecular weight is 332 g/mol. The number of aromatic nitrogens is 2. The number of rotatable bonds is 6. The van der Waals surface area contributed by atoms with Gasteiger partial charge in [-0.1, -0.05) is 16.8 Å². The van der Waals surface area contributed by atoms with Gasteiger partial charge in [-0.05, 0) is 30.7 Å². The minimum Gasteiger partial charge on any atom is -0.392 e. The first-order valence-electron chi connectivity index (χ1n) is 6.10. The summed E-state index contributed by atoms with van der Waals surface area (Å²) in [5.74, 6) is 0.862. The lowest BCUT2D eigenvalue weighted by Gasteiger charge is -2.08. The van der Waals surface area contributed by atoms with E-state index in [1.807, 2.05) is 0 Å². The lowest BCUT2D eigenvalue weighted by atomic mass is 10.2. The third kappa shape index (κ3) is 4.01. The monoisotopic (exact) mass is 331 g/mol. The van der Waals surface area contributed by atoms with Crippen LogP contribution in [0.25, 0.3) is 0 Å². The molecule has 21 heavy (non-hydrogen) atoms. The average Bonchev–Trinajstić information content (AvgIpc) is 2.84. The van der Waals surface area contributed by atoms with E-state index >= 15 is 0 Å². The molecule has 0 saturated heterocycles. The first kappa shape index (κ1) is 15.9. The van der Waals surface area contributed by atoms with Crippen LogP contribution in [-0.4, -0.2) is 30.2 Å². The Hall–Kier alpha value is -1.48. The summed E-state index contributed by atoms with van der Waals surface area (Å²) < 4.78 is 31.5. The number of halogens is 1. The van der Waals surface area contributed by atoms with Gasteiger partial charge in [0.15, 0.2) is 5.82 Å². The predicted octanol–water partition coefficient (Wildman–Crippen LogP) is 1.04. The van der Waals surface area contributed by atoms with Crippen molar-refractivity contribution in [3.05, 3.63) is 40.5 Å². The highest BCUT2D eigenvalue weighted by molar-refractivity contribution is 7.89. The topological polar surface area (TPSA) is 105 Å². The van der Waals surface area contributed by atoms with Crippen molar-refractivity contribution in [1.29, 1.82) is 0 Å². The Labute approximate surface area is 127 Å². The molecule has 1 aromatic carbocycles. The van der Waals surface area contributed by atoms with Crippen LogP contribution in [0.4, 0.5) is 0 Å². The standard InChI is InChI=1S/C12H14ClN3O4S/c1-8-15-12(20-16-8)4-5-14-21(18,19)10-2-3-11(13)9(6-10)7-17/h2-3,6,14,17H,4-5,7H2,1H3. The van der Waals surface area contributed by atoms with Gasteiger partial charge in [0, 0.05) is 18.0 Å². The lowest BCUT2D eigenvalue weighted by molar-refractivity contribution is 0.281. The molecule has 0 aliphatic heterocycles. The van der Waals surface area contributed by atoms with Crippen LogP contribution in [0.5, 0.6) is 0 Å². The van der Waals surface area contributed by atoms with Gasteiger partial charge in [-0.25, -0.2) is 13.1 Å². The van der Waals surface area contributed by atoms with E-state index in [-0.39, 0.29) is 18.0 Å². The zero-order valence-electron chi connectivity index (χ0n) is 11.2. The van der Waals surface area contributed by atoms with Crippen molar-refractivity contribution in [1.82, 2.24) is 14.9 Å². The van der Waals surface area contributed by atoms with E-state index in [1.165, 1.54) is 18.2 Å². The van der Waals surface area contributed by atoms with Gasteiger partial charge in [0.1, 0.15) is 0 Å². The van der Waals surface area contributed by atoms with Gasteiger partial charge in [-0.15, -0.1) is 0 Å². The van der Waals surface area contributed by atoms with E-state index in [0.29, 0.717) is 28.7 Å². The van der Waals surface area contributed by atoms with E-state index in [9.17, 15) is 8.42 Å². The van der Waals surface area contributed by atoms with Gasteiger partial charge in [0.05, 0.1) is 11.5 Å². The molecule has 0 radical (unpaired) electrons. The van der Waals surface area contributed by atoms with Crippen LogP contribution >= 0.6 is 11.6 Å². The molecule has 0 atom stereocenters. The lowest BCUT2D eigenvalue weighted by Crippen LogP contribution is -2.26. The quantitative estimate of drug-likeness (QED) is 0.819. The second-order valence-corrected chi connectivity index (χ2v) is 6.47. The van der Waals surface area contributed by atoms with Gasteiger partial charge in [0.2, 0.25) is 15.9 Å². The summed E-state index contributed by atoms with van der Waals surface area (Å²) in [5.41, 5.74) is 0.354. The maximum Gasteiger partial charge on any atom is 0.240 e. The molecule has 114 valence electrons. The van der Waals surface area contributed by atoms with Gasteiger partial charge in [0.25, 0.3) is 0 Å². The molecule has 0 saturated carbocycles. The molecule has 2 rings (SSSR count). The van der Waals surface area contributed by atoms with Gasteiger partial charge in [-0.3, -0.25) is 0 Å². The second kappa shape index (κ2) is 6.52. The molecule has 0 fully saturated rings. The fourth-order valence-electron chi connectivity index (χ4n) is 1.66. The number of hydrogen-bond donors (Lipinski definition) is 2. The van der Waals surface area contributed by atoms with Crippen molar-refractivity contribution in [3.8, 4) is 0 Å². The Balaban J connectivity index is 2.04. The number of aliphatic hydroxyl groups excluding tert-OH is 1. The summed E-state index contributed by atoms with van der Waals surface area (Å²) in [4.78, 5) is 4.02. The van der Waals surface area contributed by atoms with Crippen molar-refractivity contribution in [2.24, 2.45) is 0 Å². The highest BCUT2D eigenvalue weighted by Crippen LogP contribution is 2.20. The normalized spacial score (nSPS) is 11.8. The SMILES string of the molecule is Cc1noc(CCNS(=O)(=O)c2ccc(Cl)c(CO)c2)n1. The smallest absolute Gasteiger partial charge is 0.240 e. The minimum atomic E-state index is -3.68. The maximum absolute atomic E-state index is 12.1. The molecule has 1 aromatic heterocycles. The highest BCUT2D eigenvalue weighted by atomic mass is 35.5. The summed E-state index contributed by atoms with van der Waals surface area (Å²) in [6.45, 7) is 1.48. The van der Waals surface area contributed by atoms with Crippen LogP contribution in [0.2, 0.25) is 5.02 Å². The first-order chi connectivity index (χ1) is 9.92. The van der Waals surface area contributed by atoms with Crippen molar-refractivity contribution >= 4 is 21.6 Å². The Morgan fingerprint density at radius 3 is 2.81 bits per heavy atom. The summed E-state index contributed by atoms with van der Waals surface area (Å²) in [5, 5.41) is 13.0. The molecular weight excluding hydrogens is 318 g/mol. The van der Waals surface area contributed by atoms with Crippen molar-refractivity contribution in [2.75, 3.05) is 6.54 Å². The fourth-order valence-corrected chi connectivity index (χ4v) is 2.92. The molecule has 0 unspecified atom stereocenters. The number of nitrogens with zero attached hydrogens (tertiary/aromatic N) is 2. The third-order valence-corrected chi connectivity index (χ3v) is 4.53. The summed E-state index contributed by atoms with van der Waals surface area (Å²) in [7, 11) is -3.68. The van der Waals surface area contributed by atoms with Gasteiger partial charge in [-0.2, -0.15) is 4.98 Å². The van der Waals surface area contributed by atoms with Gasteiger partial charge >= 0.3 is 0 Å². The molecule has 7 nitrogen and oxygen atoms in total. The first-order valence-corrected chi connectivity index (χ1v) is 7.96. The zero-order chi connectivity index (χ0) is 15.5. The highest BCUT2D eigenvalue weighted by Gasteiger charge is 2.15. The number of benzene rings is 1. The number of hydrogen-bond acceptors (Lipinski definition) is 6. The molecule has 0 spiro atoms. The number of nitrogens with one attached hydrogen (secondary N) is 1. The van der Waals surface area contributed by atoms with Crippen LogP contribution < -0.4 is 4.72 Å². The van der Waals surface area contributed by atoms with Crippen molar-refractivity contribution in [3.63, 3.8) is 0 Å². The molecule has 1 heterocycles. The Bertz CT molecular complexity index is 730. The van der Waals surface area contributed by atoms with E-state index in [2.05, 4.69) is 14.9 Å². The number of aliphatic hydroxyl groups is 1. The molecule has 2 aromatic rings.